The third-order valence-electron chi connectivity index (χ3n) is 2.80. The van der Waals surface area contributed by atoms with Crippen LogP contribution in [-0.2, 0) is 6.54 Å². The van der Waals surface area contributed by atoms with Crippen molar-refractivity contribution in [2.45, 2.75) is 25.9 Å². The lowest BCUT2D eigenvalue weighted by atomic mass is 10.2. The fraction of sp³-hybridized carbons (Fsp3) is 0.545. The number of aromatic nitrogens is 1. The van der Waals surface area contributed by atoms with Gasteiger partial charge < -0.3 is 15.2 Å². The molecule has 1 amide bonds. The zero-order valence-electron chi connectivity index (χ0n) is 8.99. The highest BCUT2D eigenvalue weighted by Crippen LogP contribution is 2.04. The highest BCUT2D eigenvalue weighted by molar-refractivity contribution is 5.92. The molecule has 2 heterocycles. The Hall–Kier alpha value is -1.29. The predicted molar refractivity (Wildman–Crippen MR) is 58.8 cm³/mol. The zero-order chi connectivity index (χ0) is 10.7. The minimum absolute atomic E-state index is 0.0375. The van der Waals surface area contributed by atoms with Crippen molar-refractivity contribution in [3.05, 3.63) is 24.0 Å². The van der Waals surface area contributed by atoms with E-state index in [9.17, 15) is 4.79 Å². The monoisotopic (exact) mass is 207 g/mol. The summed E-state index contributed by atoms with van der Waals surface area (Å²) in [5.41, 5.74) is 0.754. The second kappa shape index (κ2) is 4.49. The molecule has 1 aliphatic heterocycles. The summed E-state index contributed by atoms with van der Waals surface area (Å²) in [6, 6.07) is 4.06. The van der Waals surface area contributed by atoms with E-state index in [4.69, 9.17) is 0 Å². The van der Waals surface area contributed by atoms with Crippen molar-refractivity contribution in [3.63, 3.8) is 0 Å². The van der Waals surface area contributed by atoms with Gasteiger partial charge in [0, 0.05) is 25.3 Å². The predicted octanol–water partition coefficient (Wildman–Crippen LogP) is 0.600. The molecule has 2 N–H and O–H groups in total. The zero-order valence-corrected chi connectivity index (χ0v) is 8.99. The SMILES string of the molecule is CCn1cccc1C(=O)NC1CCNC1. The van der Waals surface area contributed by atoms with Crippen LogP contribution in [0.5, 0.6) is 0 Å². The van der Waals surface area contributed by atoms with Gasteiger partial charge in [-0.25, -0.2) is 0 Å². The molecule has 1 aromatic rings. The van der Waals surface area contributed by atoms with Gasteiger partial charge >= 0.3 is 0 Å². The highest BCUT2D eigenvalue weighted by atomic mass is 16.2. The molecule has 2 rings (SSSR count). The maximum absolute atomic E-state index is 11.9. The van der Waals surface area contributed by atoms with Crippen LogP contribution in [0.15, 0.2) is 18.3 Å². The van der Waals surface area contributed by atoms with Crippen molar-refractivity contribution in [2.24, 2.45) is 0 Å². The molecule has 0 spiro atoms. The van der Waals surface area contributed by atoms with E-state index in [1.165, 1.54) is 0 Å². The summed E-state index contributed by atoms with van der Waals surface area (Å²) >= 11 is 0. The van der Waals surface area contributed by atoms with Crippen LogP contribution in [0.1, 0.15) is 23.8 Å². The third kappa shape index (κ3) is 2.21. The Morgan fingerprint density at radius 2 is 2.60 bits per heavy atom. The molecule has 1 aromatic heterocycles. The van der Waals surface area contributed by atoms with Crippen molar-refractivity contribution in [3.8, 4) is 0 Å². The van der Waals surface area contributed by atoms with Gasteiger partial charge in [-0.3, -0.25) is 4.79 Å². The first-order valence-electron chi connectivity index (χ1n) is 5.48. The van der Waals surface area contributed by atoms with Crippen molar-refractivity contribution in [1.29, 1.82) is 0 Å². The molecule has 15 heavy (non-hydrogen) atoms. The molecule has 1 unspecified atom stereocenters. The average molecular weight is 207 g/mol. The normalized spacial score (nSPS) is 20.5. The number of hydrogen-bond donors (Lipinski definition) is 2. The van der Waals surface area contributed by atoms with Crippen LogP contribution in [0.4, 0.5) is 0 Å². The molecule has 4 heteroatoms. The largest absolute Gasteiger partial charge is 0.347 e. The van der Waals surface area contributed by atoms with E-state index in [1.54, 1.807) is 0 Å². The molecular weight excluding hydrogens is 190 g/mol. The Balaban J connectivity index is 2.00. The van der Waals surface area contributed by atoms with Crippen LogP contribution in [0.25, 0.3) is 0 Å². The molecule has 1 fully saturated rings. The van der Waals surface area contributed by atoms with Crippen LogP contribution in [0.2, 0.25) is 0 Å². The number of carbonyl (C=O) groups excluding carboxylic acids is 1. The minimum Gasteiger partial charge on any atom is -0.347 e. The summed E-state index contributed by atoms with van der Waals surface area (Å²) < 4.78 is 1.96. The van der Waals surface area contributed by atoms with Gasteiger partial charge in [-0.15, -0.1) is 0 Å². The highest BCUT2D eigenvalue weighted by Gasteiger charge is 2.18. The van der Waals surface area contributed by atoms with Crippen LogP contribution >= 0.6 is 0 Å². The molecule has 1 saturated heterocycles. The van der Waals surface area contributed by atoms with E-state index in [0.29, 0.717) is 0 Å². The standard InChI is InChI=1S/C11H17N3O/c1-2-14-7-3-4-10(14)11(15)13-9-5-6-12-8-9/h3-4,7,9,12H,2,5-6,8H2,1H3,(H,13,15). The van der Waals surface area contributed by atoms with Gasteiger partial charge in [0.25, 0.3) is 5.91 Å². The maximum atomic E-state index is 11.9. The number of hydrogen-bond acceptors (Lipinski definition) is 2. The average Bonchev–Trinajstić information content (AvgIpc) is 2.86. The summed E-state index contributed by atoms with van der Waals surface area (Å²) in [6.07, 6.45) is 2.96. The molecule has 82 valence electrons. The summed E-state index contributed by atoms with van der Waals surface area (Å²) in [6.45, 7) is 4.75. The number of nitrogens with one attached hydrogen (secondary N) is 2. The lowest BCUT2D eigenvalue weighted by Crippen LogP contribution is -2.37. The van der Waals surface area contributed by atoms with Gasteiger partial charge in [-0.1, -0.05) is 0 Å². The second-order valence-electron chi connectivity index (χ2n) is 3.84. The molecular formula is C11H17N3O. The fourth-order valence-electron chi connectivity index (χ4n) is 1.93. The number of amides is 1. The van der Waals surface area contributed by atoms with Gasteiger partial charge in [0.05, 0.1) is 0 Å². The van der Waals surface area contributed by atoms with Crippen molar-refractivity contribution >= 4 is 5.91 Å². The molecule has 1 atom stereocenters. The number of nitrogens with zero attached hydrogens (tertiary/aromatic N) is 1. The molecule has 0 saturated carbocycles. The molecule has 0 aromatic carbocycles. The summed E-state index contributed by atoms with van der Waals surface area (Å²) in [5, 5.41) is 6.26. The van der Waals surface area contributed by atoms with Crippen molar-refractivity contribution in [1.82, 2.24) is 15.2 Å². The first-order valence-corrected chi connectivity index (χ1v) is 5.48. The topological polar surface area (TPSA) is 46.1 Å². The minimum atomic E-state index is 0.0375. The van der Waals surface area contributed by atoms with E-state index >= 15 is 0 Å². The van der Waals surface area contributed by atoms with Crippen LogP contribution in [0.3, 0.4) is 0 Å². The summed E-state index contributed by atoms with van der Waals surface area (Å²) in [4.78, 5) is 11.9. The third-order valence-corrected chi connectivity index (χ3v) is 2.80. The van der Waals surface area contributed by atoms with E-state index in [-0.39, 0.29) is 11.9 Å². The van der Waals surface area contributed by atoms with Gasteiger partial charge in [0.2, 0.25) is 0 Å². The lowest BCUT2D eigenvalue weighted by Gasteiger charge is -2.12. The molecule has 0 aliphatic carbocycles. The Bertz CT molecular complexity index is 339. The Labute approximate surface area is 89.7 Å². The lowest BCUT2D eigenvalue weighted by molar-refractivity contribution is 0.0931. The van der Waals surface area contributed by atoms with E-state index in [0.717, 1.165) is 31.7 Å². The number of carbonyl (C=O) groups is 1. The Morgan fingerprint density at radius 1 is 1.73 bits per heavy atom. The second-order valence-corrected chi connectivity index (χ2v) is 3.84. The first-order chi connectivity index (χ1) is 7.31. The molecule has 4 nitrogen and oxygen atoms in total. The summed E-state index contributed by atoms with van der Waals surface area (Å²) in [5.74, 6) is 0.0375. The molecule has 0 bridgehead atoms. The Morgan fingerprint density at radius 3 is 3.27 bits per heavy atom. The summed E-state index contributed by atoms with van der Waals surface area (Å²) in [7, 11) is 0. The quantitative estimate of drug-likeness (QED) is 0.762. The van der Waals surface area contributed by atoms with Crippen molar-refractivity contribution in [2.75, 3.05) is 13.1 Å². The Kier molecular flexibility index (Phi) is 3.06. The number of rotatable bonds is 3. The van der Waals surface area contributed by atoms with Gasteiger partial charge in [0.1, 0.15) is 5.69 Å². The van der Waals surface area contributed by atoms with E-state index in [1.807, 2.05) is 29.8 Å². The molecule has 0 radical (unpaired) electrons. The van der Waals surface area contributed by atoms with E-state index < -0.39 is 0 Å². The van der Waals surface area contributed by atoms with Gasteiger partial charge in [-0.2, -0.15) is 0 Å². The van der Waals surface area contributed by atoms with Crippen molar-refractivity contribution < 1.29 is 4.79 Å². The number of aryl methyl sites for hydroxylation is 1. The molecule has 1 aliphatic rings. The van der Waals surface area contributed by atoms with Crippen LogP contribution in [-0.4, -0.2) is 29.6 Å². The smallest absolute Gasteiger partial charge is 0.268 e. The van der Waals surface area contributed by atoms with Crippen LogP contribution in [0, 0.1) is 0 Å². The first kappa shape index (κ1) is 10.2. The van der Waals surface area contributed by atoms with Gasteiger partial charge in [-0.05, 0) is 32.0 Å². The fourth-order valence-corrected chi connectivity index (χ4v) is 1.93. The maximum Gasteiger partial charge on any atom is 0.268 e. The van der Waals surface area contributed by atoms with Crippen LogP contribution < -0.4 is 10.6 Å². The van der Waals surface area contributed by atoms with Gasteiger partial charge in [0.15, 0.2) is 0 Å². The van der Waals surface area contributed by atoms with E-state index in [2.05, 4.69) is 10.6 Å².